The van der Waals surface area contributed by atoms with Gasteiger partial charge in [0, 0.05) is 73.2 Å². The predicted molar refractivity (Wildman–Crippen MR) is 204 cm³/mol. The Kier molecular flexibility index (Phi) is 14.0. The quantitative estimate of drug-likeness (QED) is 0.137. The van der Waals surface area contributed by atoms with Crippen molar-refractivity contribution in [1.29, 1.82) is 0 Å². The lowest BCUT2D eigenvalue weighted by atomic mass is 10.0. The second kappa shape index (κ2) is 18.6. The van der Waals surface area contributed by atoms with E-state index in [4.69, 9.17) is 28.9 Å². The number of hydrogen-bond donors (Lipinski definition) is 6. The Morgan fingerprint density at radius 2 is 1.83 bits per heavy atom. The lowest BCUT2D eigenvalue weighted by molar-refractivity contribution is -0.142. The van der Waals surface area contributed by atoms with Crippen LogP contribution in [0.3, 0.4) is 0 Å². The number of fused-ring (bicyclic) bond motifs is 3. The molecular weight excluding hydrogens is 723 g/mol. The molecule has 5 rings (SSSR count). The molecule has 0 fully saturated rings. The van der Waals surface area contributed by atoms with Gasteiger partial charge in [0.25, 0.3) is 0 Å². The molecule has 7 N–H and O–H groups in total. The predicted octanol–water partition coefficient (Wildman–Crippen LogP) is 4.32. The van der Waals surface area contributed by atoms with Crippen molar-refractivity contribution in [1.82, 2.24) is 36.1 Å². The summed E-state index contributed by atoms with van der Waals surface area (Å²) in [6.45, 7) is 0.734. The van der Waals surface area contributed by atoms with Crippen LogP contribution in [-0.4, -0.2) is 77.3 Å². The Labute approximate surface area is 317 Å². The molecule has 52 heavy (non-hydrogen) atoms. The number of pyridine rings is 1. The summed E-state index contributed by atoms with van der Waals surface area (Å²) in [5.74, 6) is -1.47. The van der Waals surface area contributed by atoms with Crippen molar-refractivity contribution in [3.63, 3.8) is 0 Å². The van der Waals surface area contributed by atoms with Crippen molar-refractivity contribution in [2.45, 2.75) is 79.7 Å². The summed E-state index contributed by atoms with van der Waals surface area (Å²) in [6.07, 6.45) is 5.50. The zero-order chi connectivity index (χ0) is 37.2. The van der Waals surface area contributed by atoms with Gasteiger partial charge in [-0.15, -0.1) is 0 Å². The number of para-hydroxylation sites is 1. The number of likely N-dealkylation sites (N-methyl/N-ethyl adjacent to an activating group) is 1. The van der Waals surface area contributed by atoms with Crippen LogP contribution < -0.4 is 27.0 Å². The minimum absolute atomic E-state index is 0.0759. The first kappa shape index (κ1) is 39.1. The average Bonchev–Trinajstić information content (AvgIpc) is 3.55. The van der Waals surface area contributed by atoms with Gasteiger partial charge in [0.05, 0.1) is 11.1 Å². The number of aromatic nitrogens is 2. The van der Waals surface area contributed by atoms with Gasteiger partial charge < -0.3 is 36.9 Å². The average molecular weight is 768 g/mol. The normalized spacial score (nSPS) is 19.0. The highest BCUT2D eigenvalue weighted by molar-refractivity contribution is 7.99. The molecule has 4 amide bonds. The zero-order valence-electron chi connectivity index (χ0n) is 29.1. The van der Waals surface area contributed by atoms with Crippen LogP contribution in [0.5, 0.6) is 0 Å². The number of carbonyl (C=O) groups excluding carboxylic acids is 4. The fraction of sp³-hybridized carbons (Fsp3) is 0.378. The van der Waals surface area contributed by atoms with Crippen molar-refractivity contribution < 1.29 is 19.2 Å². The molecule has 0 bridgehead atoms. The first-order valence-electron chi connectivity index (χ1n) is 17.2. The summed E-state index contributed by atoms with van der Waals surface area (Å²) in [5, 5.41) is 14.3. The molecule has 3 heterocycles. The number of hydrogen-bond acceptors (Lipinski definition) is 8. The van der Waals surface area contributed by atoms with Crippen LogP contribution in [-0.2, 0) is 38.7 Å². The maximum absolute atomic E-state index is 14.4. The van der Waals surface area contributed by atoms with E-state index in [0.29, 0.717) is 51.3 Å². The van der Waals surface area contributed by atoms with E-state index in [9.17, 15) is 19.2 Å². The number of unbranched alkanes of at least 4 members (excludes halogenated alkanes) is 1. The fourth-order valence-electron chi connectivity index (χ4n) is 6.20. The van der Waals surface area contributed by atoms with Crippen LogP contribution in [0.15, 0.2) is 70.8 Å². The lowest BCUT2D eigenvalue weighted by Crippen LogP contribution is -2.57. The van der Waals surface area contributed by atoms with Crippen molar-refractivity contribution in [3.8, 4) is 0 Å². The summed E-state index contributed by atoms with van der Waals surface area (Å²) in [7, 11) is 3.12. The number of nitrogens with one attached hydrogen (secondary N) is 5. The first-order valence-corrected chi connectivity index (χ1v) is 18.8. The molecular formula is C37H44Cl2N8O4S. The Balaban J connectivity index is 1.58. The van der Waals surface area contributed by atoms with Crippen molar-refractivity contribution in [2.75, 3.05) is 20.6 Å². The van der Waals surface area contributed by atoms with E-state index in [-0.39, 0.29) is 38.3 Å². The van der Waals surface area contributed by atoms with Crippen LogP contribution in [0.25, 0.3) is 10.9 Å². The molecule has 276 valence electrons. The molecule has 1 unspecified atom stereocenters. The van der Waals surface area contributed by atoms with E-state index >= 15 is 0 Å². The summed E-state index contributed by atoms with van der Waals surface area (Å²) in [5.41, 5.74) is 9.00. The largest absolute Gasteiger partial charge is 0.361 e. The number of H-pyrrole nitrogens is 1. The molecule has 0 saturated carbocycles. The summed E-state index contributed by atoms with van der Waals surface area (Å²) in [4.78, 5) is 64.9. The van der Waals surface area contributed by atoms with Gasteiger partial charge in [0.2, 0.25) is 23.6 Å². The third-order valence-electron chi connectivity index (χ3n) is 9.15. The van der Waals surface area contributed by atoms with Gasteiger partial charge in [-0.05, 0) is 73.2 Å². The number of halogens is 2. The number of aromatic amines is 1. The van der Waals surface area contributed by atoms with E-state index in [0.717, 1.165) is 22.0 Å². The smallest absolute Gasteiger partial charge is 0.245 e. The van der Waals surface area contributed by atoms with Crippen molar-refractivity contribution >= 4 is 69.5 Å². The van der Waals surface area contributed by atoms with E-state index < -0.39 is 35.8 Å². The summed E-state index contributed by atoms with van der Waals surface area (Å²) in [6, 6.07) is 12.1. The molecule has 0 saturated heterocycles. The van der Waals surface area contributed by atoms with Gasteiger partial charge in [-0.3, -0.25) is 19.2 Å². The highest BCUT2D eigenvalue weighted by atomic mass is 35.5. The minimum Gasteiger partial charge on any atom is -0.361 e. The molecule has 4 aromatic rings. The van der Waals surface area contributed by atoms with Gasteiger partial charge in [-0.25, -0.2) is 4.98 Å². The number of amides is 4. The van der Waals surface area contributed by atoms with E-state index in [1.165, 1.54) is 23.7 Å². The van der Waals surface area contributed by atoms with Gasteiger partial charge in [0.1, 0.15) is 17.1 Å². The monoisotopic (exact) mass is 766 g/mol. The van der Waals surface area contributed by atoms with E-state index in [1.54, 1.807) is 31.4 Å². The molecule has 3 atom stereocenters. The van der Waals surface area contributed by atoms with Crippen LogP contribution in [0.4, 0.5) is 0 Å². The number of benzene rings is 2. The topological polar surface area (TPSA) is 174 Å². The van der Waals surface area contributed by atoms with Crippen molar-refractivity contribution in [3.05, 3.63) is 87.7 Å². The fourth-order valence-corrected chi connectivity index (χ4v) is 7.85. The molecule has 0 spiro atoms. The van der Waals surface area contributed by atoms with Crippen LogP contribution in [0.2, 0.25) is 10.0 Å². The number of nitrogens with zero attached hydrogens (tertiary/aromatic N) is 2. The van der Waals surface area contributed by atoms with Gasteiger partial charge in [-0.2, -0.15) is 0 Å². The van der Waals surface area contributed by atoms with Gasteiger partial charge in [0.15, 0.2) is 0 Å². The summed E-state index contributed by atoms with van der Waals surface area (Å²) >= 11 is 14.6. The Hall–Kier alpha value is -4.14. The molecule has 15 heteroatoms. The molecule has 1 aliphatic heterocycles. The lowest BCUT2D eigenvalue weighted by Gasteiger charge is -2.32. The second-order valence-corrected chi connectivity index (χ2v) is 14.5. The molecule has 1 aliphatic rings. The molecule has 2 aromatic heterocycles. The third-order valence-corrected chi connectivity index (χ3v) is 11.0. The van der Waals surface area contributed by atoms with Gasteiger partial charge >= 0.3 is 0 Å². The Morgan fingerprint density at radius 3 is 2.62 bits per heavy atom. The maximum atomic E-state index is 14.4. The van der Waals surface area contributed by atoms with Gasteiger partial charge in [-0.1, -0.05) is 59.2 Å². The number of carbonyl (C=O) groups is 4. The molecule has 2 aromatic carbocycles. The summed E-state index contributed by atoms with van der Waals surface area (Å²) < 4.78 is 0. The first-order chi connectivity index (χ1) is 25.1. The third kappa shape index (κ3) is 9.84. The van der Waals surface area contributed by atoms with Crippen LogP contribution >= 0.6 is 35.0 Å². The maximum Gasteiger partial charge on any atom is 0.245 e. The number of nitrogens with two attached hydrogens (primary N) is 1. The minimum atomic E-state index is -0.954. The number of rotatable bonds is 9. The van der Waals surface area contributed by atoms with Crippen LogP contribution in [0.1, 0.15) is 48.8 Å². The molecule has 12 nitrogen and oxygen atoms in total. The molecule has 0 radical (unpaired) electrons. The zero-order valence-corrected chi connectivity index (χ0v) is 31.5. The van der Waals surface area contributed by atoms with Crippen LogP contribution in [0, 0.1) is 0 Å². The highest BCUT2D eigenvalue weighted by Crippen LogP contribution is 2.38. The van der Waals surface area contributed by atoms with Crippen molar-refractivity contribution in [2.24, 2.45) is 5.73 Å². The van der Waals surface area contributed by atoms with E-state index in [2.05, 4.69) is 31.2 Å². The Bertz CT molecular complexity index is 1910. The highest BCUT2D eigenvalue weighted by Gasteiger charge is 2.34. The standard InChI is InChI=1S/C37H44Cl2N8O4S/c1-41-32(48)13-12-29-34(49)46-30(11-5-6-14-40)37(51)47(2)31(17-23-20-43-28-10-4-3-9-26(23)28)35(50)45-21-24-16-25(38)18-27(39)33(24)52-36-22(19-44-29)8-7-15-42-36/h3-4,7-10,15-16,18,20,29-31,43-44H,5-6,11-14,17,19,21,40H2,1-2H3,(H,41,48)(H,45,50)(H,46,49)/t29?,30-,31-/m0/s1. The SMILES string of the molecule is CNC(=O)CCC1NCc2cccnc2Sc2c(Cl)cc(Cl)cc2CNC(=O)[C@H](Cc2c[nH]c3ccccc23)N(C)C(=O)[C@H](CCCCN)NC1=O. The Morgan fingerprint density at radius 1 is 1.02 bits per heavy atom. The second-order valence-electron chi connectivity index (χ2n) is 12.7. The van der Waals surface area contributed by atoms with E-state index in [1.807, 2.05) is 36.5 Å². The molecule has 0 aliphatic carbocycles.